The molecule has 7 heteroatoms. The van der Waals surface area contributed by atoms with Crippen LogP contribution in [-0.2, 0) is 0 Å². The van der Waals surface area contributed by atoms with Gasteiger partial charge in [0.25, 0.3) is 11.8 Å². The minimum absolute atomic E-state index is 0.266. The largest absolute Gasteiger partial charge is 0.422 e. The highest BCUT2D eigenvalue weighted by Crippen LogP contribution is 2.29. The second-order valence-electron chi connectivity index (χ2n) is 7.31. The van der Waals surface area contributed by atoms with Crippen molar-refractivity contribution >= 4 is 50.7 Å². The van der Waals surface area contributed by atoms with Crippen molar-refractivity contribution in [3.63, 3.8) is 0 Å². The maximum Gasteiger partial charge on any atom is 0.343 e. The molecular weight excluding hydrogens is 484 g/mol. The Kier molecular flexibility index (Phi) is 5.32. The summed E-state index contributed by atoms with van der Waals surface area (Å²) in [4.78, 5) is 38.1. The highest BCUT2D eigenvalue weighted by molar-refractivity contribution is 9.10. The Morgan fingerprint density at radius 2 is 1.45 bits per heavy atom. The molecule has 1 heterocycles. The fraction of sp³-hybridized carbons (Fsp3) is 0. The van der Waals surface area contributed by atoms with Gasteiger partial charge in [0.2, 0.25) is 0 Å². The first-order chi connectivity index (χ1) is 16.0. The predicted octanol–water partition coefficient (Wildman–Crippen LogP) is 5.45. The molecule has 4 aromatic rings. The van der Waals surface area contributed by atoms with Crippen molar-refractivity contribution in [3.8, 4) is 5.75 Å². The van der Waals surface area contributed by atoms with Gasteiger partial charge in [-0.05, 0) is 53.2 Å². The molecule has 0 aromatic heterocycles. The van der Waals surface area contributed by atoms with Crippen molar-refractivity contribution in [2.75, 3.05) is 0 Å². The number of amides is 2. The second-order valence-corrected chi connectivity index (χ2v) is 8.22. The third kappa shape index (κ3) is 3.83. The third-order valence-electron chi connectivity index (χ3n) is 5.29. The average Bonchev–Trinajstić information content (AvgIpc) is 3.08. The number of rotatable bonds is 4. The van der Waals surface area contributed by atoms with Gasteiger partial charge in [-0.2, -0.15) is 10.1 Å². The highest BCUT2D eigenvalue weighted by Gasteiger charge is 2.35. The molecule has 0 aliphatic carbocycles. The van der Waals surface area contributed by atoms with Crippen LogP contribution < -0.4 is 4.74 Å². The summed E-state index contributed by atoms with van der Waals surface area (Å²) in [6.07, 6.45) is 1.38. The molecule has 0 saturated carbocycles. The number of nitrogens with zero attached hydrogens (tertiary/aromatic N) is 2. The summed E-state index contributed by atoms with van der Waals surface area (Å²) in [5.41, 5.74) is 1.48. The number of carbonyl (C=O) groups excluding carboxylic acids is 3. The van der Waals surface area contributed by atoms with Gasteiger partial charge in [0.05, 0.1) is 22.9 Å². The summed E-state index contributed by atoms with van der Waals surface area (Å²) in [7, 11) is 0. The fourth-order valence-corrected chi connectivity index (χ4v) is 3.90. The predicted molar refractivity (Wildman–Crippen MR) is 128 cm³/mol. The monoisotopic (exact) mass is 498 g/mol. The Morgan fingerprint density at radius 1 is 0.818 bits per heavy atom. The highest BCUT2D eigenvalue weighted by atomic mass is 79.9. The van der Waals surface area contributed by atoms with Gasteiger partial charge in [-0.15, -0.1) is 0 Å². The topological polar surface area (TPSA) is 76.0 Å². The zero-order valence-electron chi connectivity index (χ0n) is 17.1. The number of halogens is 1. The molecule has 160 valence electrons. The van der Waals surface area contributed by atoms with Crippen LogP contribution in [-0.4, -0.2) is 29.0 Å². The molecule has 0 unspecified atom stereocenters. The minimum Gasteiger partial charge on any atom is -0.422 e. The lowest BCUT2D eigenvalue weighted by molar-refractivity contribution is 0.0657. The molecule has 0 atom stereocenters. The van der Waals surface area contributed by atoms with Crippen LogP contribution in [0.15, 0.2) is 94.5 Å². The van der Waals surface area contributed by atoms with E-state index in [1.54, 1.807) is 54.6 Å². The van der Waals surface area contributed by atoms with E-state index in [1.807, 2.05) is 30.3 Å². The number of hydrogen-bond donors (Lipinski definition) is 0. The SMILES string of the molecule is O=C(Oc1ccc2ccccc2c1/C=N/N1C(=O)c2ccccc2C1=O)c1ccc(Br)cc1. The first-order valence-corrected chi connectivity index (χ1v) is 10.8. The maximum absolute atomic E-state index is 12.7. The summed E-state index contributed by atoms with van der Waals surface area (Å²) in [5, 5.41) is 6.67. The van der Waals surface area contributed by atoms with E-state index in [-0.39, 0.29) is 5.75 Å². The number of fused-ring (bicyclic) bond motifs is 2. The van der Waals surface area contributed by atoms with Gasteiger partial charge in [0, 0.05) is 10.0 Å². The van der Waals surface area contributed by atoms with Gasteiger partial charge >= 0.3 is 5.97 Å². The number of benzene rings is 4. The third-order valence-corrected chi connectivity index (χ3v) is 5.82. The Balaban J connectivity index is 1.53. The lowest BCUT2D eigenvalue weighted by Crippen LogP contribution is -2.24. The smallest absolute Gasteiger partial charge is 0.343 e. The van der Waals surface area contributed by atoms with E-state index in [1.165, 1.54) is 6.21 Å². The normalized spacial score (nSPS) is 13.1. The second kappa shape index (κ2) is 8.44. The number of ether oxygens (including phenoxy) is 1. The van der Waals surface area contributed by atoms with Crippen LogP contribution in [0.1, 0.15) is 36.6 Å². The van der Waals surface area contributed by atoms with Crippen molar-refractivity contribution in [2.24, 2.45) is 5.10 Å². The van der Waals surface area contributed by atoms with Crippen LogP contribution in [0.2, 0.25) is 0 Å². The fourth-order valence-electron chi connectivity index (χ4n) is 3.64. The van der Waals surface area contributed by atoms with E-state index in [4.69, 9.17) is 4.74 Å². The molecule has 1 aliphatic heterocycles. The van der Waals surface area contributed by atoms with Crippen molar-refractivity contribution in [1.82, 2.24) is 5.01 Å². The summed E-state index contributed by atoms with van der Waals surface area (Å²) >= 11 is 3.34. The van der Waals surface area contributed by atoms with E-state index in [9.17, 15) is 14.4 Å². The molecule has 1 aliphatic rings. The Hall–Kier alpha value is -4.10. The number of esters is 1. The standard InChI is InChI=1S/C26H15BrN2O4/c27-18-12-9-17(10-13-18)26(32)33-23-14-11-16-5-1-2-6-19(16)22(23)15-28-29-24(30)20-7-3-4-8-21(20)25(29)31/h1-15H/b28-15+. The molecule has 0 bridgehead atoms. The average molecular weight is 499 g/mol. The number of carbonyl (C=O) groups is 3. The molecular formula is C26H15BrN2O4. The molecule has 4 aromatic carbocycles. The van der Waals surface area contributed by atoms with E-state index in [2.05, 4.69) is 21.0 Å². The Labute approximate surface area is 197 Å². The van der Waals surface area contributed by atoms with Crippen LogP contribution >= 0.6 is 15.9 Å². The van der Waals surface area contributed by atoms with Crippen LogP contribution in [0.3, 0.4) is 0 Å². The van der Waals surface area contributed by atoms with Crippen LogP contribution in [0, 0.1) is 0 Å². The zero-order valence-corrected chi connectivity index (χ0v) is 18.7. The van der Waals surface area contributed by atoms with Gasteiger partial charge in [-0.1, -0.05) is 58.4 Å². The van der Waals surface area contributed by atoms with Crippen LogP contribution in [0.4, 0.5) is 0 Å². The lowest BCUT2D eigenvalue weighted by Gasteiger charge is -2.12. The summed E-state index contributed by atoms with van der Waals surface area (Å²) in [6, 6.07) is 24.4. The molecule has 33 heavy (non-hydrogen) atoms. The van der Waals surface area contributed by atoms with Crippen molar-refractivity contribution < 1.29 is 19.1 Å². The van der Waals surface area contributed by atoms with Crippen LogP contribution in [0.5, 0.6) is 5.75 Å². The Morgan fingerprint density at radius 3 is 2.15 bits per heavy atom. The zero-order chi connectivity index (χ0) is 22.9. The number of hydrazone groups is 1. The van der Waals surface area contributed by atoms with Gasteiger partial charge in [-0.3, -0.25) is 9.59 Å². The quantitative estimate of drug-likeness (QED) is 0.162. The molecule has 2 amide bonds. The molecule has 0 radical (unpaired) electrons. The van der Waals surface area contributed by atoms with Gasteiger partial charge in [0.15, 0.2) is 0 Å². The van der Waals surface area contributed by atoms with E-state index in [0.717, 1.165) is 20.3 Å². The maximum atomic E-state index is 12.7. The van der Waals surface area contributed by atoms with E-state index in [0.29, 0.717) is 22.3 Å². The lowest BCUT2D eigenvalue weighted by atomic mass is 10.0. The number of imide groups is 1. The molecule has 0 saturated heterocycles. The molecule has 0 fully saturated rings. The van der Waals surface area contributed by atoms with Crippen molar-refractivity contribution in [2.45, 2.75) is 0 Å². The Bertz CT molecular complexity index is 1430. The summed E-state index contributed by atoms with van der Waals surface area (Å²) in [6.45, 7) is 0. The first-order valence-electron chi connectivity index (χ1n) is 10.0. The van der Waals surface area contributed by atoms with E-state index >= 15 is 0 Å². The van der Waals surface area contributed by atoms with Gasteiger partial charge in [0.1, 0.15) is 5.75 Å². The number of hydrogen-bond acceptors (Lipinski definition) is 5. The molecule has 6 nitrogen and oxygen atoms in total. The van der Waals surface area contributed by atoms with Crippen molar-refractivity contribution in [1.29, 1.82) is 0 Å². The van der Waals surface area contributed by atoms with E-state index < -0.39 is 17.8 Å². The van der Waals surface area contributed by atoms with Gasteiger partial charge in [-0.25, -0.2) is 4.79 Å². The van der Waals surface area contributed by atoms with Crippen molar-refractivity contribution in [3.05, 3.63) is 112 Å². The molecule has 5 rings (SSSR count). The summed E-state index contributed by atoms with van der Waals surface area (Å²) in [5.74, 6) is -1.27. The molecule has 0 spiro atoms. The summed E-state index contributed by atoms with van der Waals surface area (Å²) < 4.78 is 6.52. The first kappa shape index (κ1) is 20.8. The molecule has 0 N–H and O–H groups in total. The van der Waals surface area contributed by atoms with Gasteiger partial charge < -0.3 is 4.74 Å². The minimum atomic E-state index is -0.534. The van der Waals surface area contributed by atoms with Crippen LogP contribution in [0.25, 0.3) is 10.8 Å².